The highest BCUT2D eigenvalue weighted by atomic mass is 19.1. The molecule has 0 atom stereocenters. The van der Waals surface area contributed by atoms with Crippen LogP contribution in [0.4, 0.5) is 4.39 Å². The molecule has 13 heavy (non-hydrogen) atoms. The second kappa shape index (κ2) is 3.05. The minimum Gasteiger partial charge on any atom is -0.364 e. The molecule has 1 aromatic heterocycles. The van der Waals surface area contributed by atoms with E-state index in [9.17, 15) is 4.39 Å². The summed E-state index contributed by atoms with van der Waals surface area (Å²) in [5.41, 5.74) is 2.89. The van der Waals surface area contributed by atoms with Crippen molar-refractivity contribution >= 4 is 0 Å². The first-order valence-electron chi connectivity index (χ1n) is 4.02. The standard InChI is InChI=1S/C11H9FN/c1-8-6-10(7-13-8)9-2-4-11(12)5-3-9/h2-7,13H,1H2. The van der Waals surface area contributed by atoms with E-state index in [1.54, 1.807) is 12.1 Å². The molecule has 1 N–H and O–H groups in total. The Balaban J connectivity index is 2.41. The lowest BCUT2D eigenvalue weighted by Crippen LogP contribution is -1.75. The van der Waals surface area contributed by atoms with Crippen molar-refractivity contribution < 1.29 is 4.39 Å². The Labute approximate surface area is 76.2 Å². The third-order valence-electron chi connectivity index (χ3n) is 1.92. The smallest absolute Gasteiger partial charge is 0.123 e. The molecule has 0 bridgehead atoms. The van der Waals surface area contributed by atoms with Crippen LogP contribution in [0.25, 0.3) is 11.1 Å². The van der Waals surface area contributed by atoms with Gasteiger partial charge in [0.15, 0.2) is 0 Å². The number of aromatic amines is 1. The quantitative estimate of drug-likeness (QED) is 0.684. The zero-order chi connectivity index (χ0) is 9.26. The molecule has 0 fully saturated rings. The number of rotatable bonds is 1. The maximum absolute atomic E-state index is 12.6. The van der Waals surface area contributed by atoms with Crippen molar-refractivity contribution in [2.45, 2.75) is 0 Å². The Morgan fingerprint density at radius 1 is 1.08 bits per heavy atom. The van der Waals surface area contributed by atoms with E-state index in [0.29, 0.717) is 0 Å². The van der Waals surface area contributed by atoms with Gasteiger partial charge >= 0.3 is 0 Å². The molecule has 0 aliphatic rings. The lowest BCUT2D eigenvalue weighted by atomic mass is 10.1. The third kappa shape index (κ3) is 1.61. The minimum atomic E-state index is -0.214. The van der Waals surface area contributed by atoms with Gasteiger partial charge in [0.05, 0.1) is 0 Å². The topological polar surface area (TPSA) is 15.8 Å². The van der Waals surface area contributed by atoms with Gasteiger partial charge in [-0.15, -0.1) is 0 Å². The van der Waals surface area contributed by atoms with Crippen molar-refractivity contribution in [3.8, 4) is 11.1 Å². The van der Waals surface area contributed by atoms with Crippen LogP contribution in [0.15, 0.2) is 36.5 Å². The maximum atomic E-state index is 12.6. The van der Waals surface area contributed by atoms with Gasteiger partial charge in [-0.2, -0.15) is 0 Å². The number of aromatic nitrogens is 1. The Bertz CT molecular complexity index is 400. The lowest BCUT2D eigenvalue weighted by molar-refractivity contribution is 0.628. The highest BCUT2D eigenvalue weighted by molar-refractivity contribution is 5.63. The summed E-state index contributed by atoms with van der Waals surface area (Å²) < 4.78 is 12.6. The van der Waals surface area contributed by atoms with E-state index < -0.39 is 0 Å². The molecule has 0 saturated carbocycles. The molecule has 1 heterocycles. The van der Waals surface area contributed by atoms with E-state index in [4.69, 9.17) is 0 Å². The molecule has 1 radical (unpaired) electrons. The Hall–Kier alpha value is -1.57. The van der Waals surface area contributed by atoms with E-state index in [2.05, 4.69) is 11.9 Å². The van der Waals surface area contributed by atoms with Crippen LogP contribution in [-0.4, -0.2) is 4.98 Å². The SMILES string of the molecule is [CH2]c1cc(-c2ccc(F)cc2)c[nH]1. The van der Waals surface area contributed by atoms with Gasteiger partial charge in [0.25, 0.3) is 0 Å². The van der Waals surface area contributed by atoms with Gasteiger partial charge in [0.2, 0.25) is 0 Å². The Morgan fingerprint density at radius 2 is 1.77 bits per heavy atom. The van der Waals surface area contributed by atoms with E-state index in [-0.39, 0.29) is 5.82 Å². The predicted octanol–water partition coefficient (Wildman–Crippen LogP) is 3.00. The van der Waals surface area contributed by atoms with E-state index in [1.807, 2.05) is 12.3 Å². The van der Waals surface area contributed by atoms with E-state index >= 15 is 0 Å². The van der Waals surface area contributed by atoms with Crippen LogP contribution in [0, 0.1) is 12.7 Å². The monoisotopic (exact) mass is 174 g/mol. The molecule has 0 aliphatic heterocycles. The van der Waals surface area contributed by atoms with Crippen molar-refractivity contribution in [3.05, 3.63) is 55.0 Å². The second-order valence-electron chi connectivity index (χ2n) is 2.92. The second-order valence-corrected chi connectivity index (χ2v) is 2.92. The van der Waals surface area contributed by atoms with Crippen molar-refractivity contribution in [1.29, 1.82) is 0 Å². The molecule has 0 amide bonds. The van der Waals surface area contributed by atoms with Crippen LogP contribution in [0.5, 0.6) is 0 Å². The largest absolute Gasteiger partial charge is 0.364 e. The number of nitrogens with one attached hydrogen (secondary N) is 1. The van der Waals surface area contributed by atoms with Gasteiger partial charge in [-0.25, -0.2) is 4.39 Å². The fraction of sp³-hybridized carbons (Fsp3) is 0. The first kappa shape index (κ1) is 8.05. The Kier molecular flexibility index (Phi) is 1.89. The van der Waals surface area contributed by atoms with Crippen molar-refractivity contribution in [3.63, 3.8) is 0 Å². The van der Waals surface area contributed by atoms with Gasteiger partial charge in [0.1, 0.15) is 5.82 Å². The van der Waals surface area contributed by atoms with Crippen LogP contribution in [-0.2, 0) is 0 Å². The number of hydrogen-bond acceptors (Lipinski definition) is 0. The van der Waals surface area contributed by atoms with Crippen LogP contribution in [0.2, 0.25) is 0 Å². The molecule has 2 heteroatoms. The molecule has 2 aromatic rings. The highest BCUT2D eigenvalue weighted by Gasteiger charge is 1.98. The molecule has 0 unspecified atom stereocenters. The summed E-state index contributed by atoms with van der Waals surface area (Å²) in [5.74, 6) is -0.214. The average molecular weight is 174 g/mol. The fourth-order valence-corrected chi connectivity index (χ4v) is 1.25. The molecule has 0 spiro atoms. The summed E-state index contributed by atoms with van der Waals surface area (Å²) in [5, 5.41) is 0. The fourth-order valence-electron chi connectivity index (χ4n) is 1.25. The number of hydrogen-bond donors (Lipinski definition) is 1. The van der Waals surface area contributed by atoms with Crippen molar-refractivity contribution in [1.82, 2.24) is 4.98 Å². The summed E-state index contributed by atoms with van der Waals surface area (Å²) in [4.78, 5) is 2.98. The van der Waals surface area contributed by atoms with Gasteiger partial charge in [-0.1, -0.05) is 12.1 Å². The summed E-state index contributed by atoms with van der Waals surface area (Å²) in [7, 11) is 0. The number of H-pyrrole nitrogens is 1. The molecule has 0 saturated heterocycles. The summed E-state index contributed by atoms with van der Waals surface area (Å²) >= 11 is 0. The van der Waals surface area contributed by atoms with Crippen LogP contribution in [0.1, 0.15) is 5.69 Å². The Morgan fingerprint density at radius 3 is 2.31 bits per heavy atom. The summed E-state index contributed by atoms with van der Waals surface area (Å²) in [6, 6.07) is 8.32. The number of benzene rings is 1. The number of halogens is 1. The highest BCUT2D eigenvalue weighted by Crippen LogP contribution is 2.19. The molecule has 1 aromatic carbocycles. The zero-order valence-corrected chi connectivity index (χ0v) is 7.05. The van der Waals surface area contributed by atoms with Crippen LogP contribution in [0.3, 0.4) is 0 Å². The molecule has 65 valence electrons. The summed E-state index contributed by atoms with van der Waals surface area (Å²) in [6.07, 6.45) is 1.86. The minimum absolute atomic E-state index is 0.214. The normalized spacial score (nSPS) is 10.3. The maximum Gasteiger partial charge on any atom is 0.123 e. The van der Waals surface area contributed by atoms with Gasteiger partial charge in [0, 0.05) is 11.9 Å². The molecule has 2 rings (SSSR count). The predicted molar refractivity (Wildman–Crippen MR) is 50.6 cm³/mol. The first-order valence-corrected chi connectivity index (χ1v) is 4.02. The third-order valence-corrected chi connectivity index (χ3v) is 1.92. The lowest BCUT2D eigenvalue weighted by Gasteiger charge is -1.95. The average Bonchev–Trinajstić information content (AvgIpc) is 2.53. The van der Waals surface area contributed by atoms with Crippen LogP contribution < -0.4 is 0 Å². The molecular weight excluding hydrogens is 165 g/mol. The van der Waals surface area contributed by atoms with Gasteiger partial charge in [-0.3, -0.25) is 0 Å². The van der Waals surface area contributed by atoms with Crippen molar-refractivity contribution in [2.24, 2.45) is 0 Å². The summed E-state index contributed by atoms with van der Waals surface area (Å²) in [6.45, 7) is 3.75. The molecular formula is C11H9FN. The van der Waals surface area contributed by atoms with Crippen LogP contribution >= 0.6 is 0 Å². The van der Waals surface area contributed by atoms with Gasteiger partial charge in [-0.05, 0) is 36.2 Å². The molecule has 1 nitrogen and oxygen atoms in total. The van der Waals surface area contributed by atoms with E-state index in [1.165, 1.54) is 12.1 Å². The first-order chi connectivity index (χ1) is 6.25. The van der Waals surface area contributed by atoms with Gasteiger partial charge < -0.3 is 4.98 Å². The van der Waals surface area contributed by atoms with Crippen molar-refractivity contribution in [2.75, 3.05) is 0 Å². The zero-order valence-electron chi connectivity index (χ0n) is 7.05. The molecule has 0 aliphatic carbocycles. The van der Waals surface area contributed by atoms with E-state index in [0.717, 1.165) is 16.8 Å².